The summed E-state index contributed by atoms with van der Waals surface area (Å²) in [6, 6.07) is 3.27. The Labute approximate surface area is 240 Å². The molecule has 8 atom stereocenters. The van der Waals surface area contributed by atoms with Crippen molar-refractivity contribution in [3.05, 3.63) is 65.2 Å². The van der Waals surface area contributed by atoms with Crippen molar-refractivity contribution in [1.82, 2.24) is 4.98 Å². The lowest BCUT2D eigenvalue weighted by molar-refractivity contribution is -0.184. The number of ether oxygens (including phenoxy) is 2. The number of Topliss-reactive ketones (excluding diaryl/α,β-unsaturated/α-hetero) is 1. The molecule has 0 radical (unpaired) electrons. The fourth-order valence-corrected chi connectivity index (χ4v) is 7.80. The molecular formula is C31H41ClFNO6. The molecule has 2 saturated carbocycles. The molecule has 1 aromatic heterocycles. The summed E-state index contributed by atoms with van der Waals surface area (Å²) in [6.45, 7) is 10.3. The molecular weight excluding hydrogens is 537 g/mol. The van der Waals surface area contributed by atoms with E-state index in [1.54, 1.807) is 18.2 Å². The Morgan fingerprint density at radius 1 is 1.38 bits per heavy atom. The third kappa shape index (κ3) is 4.56. The smallest absolute Gasteiger partial charge is 0.193 e. The Morgan fingerprint density at radius 3 is 2.70 bits per heavy atom. The zero-order chi connectivity index (χ0) is 29.5. The number of hydrogen-bond acceptors (Lipinski definition) is 7. The van der Waals surface area contributed by atoms with E-state index >= 15 is 4.39 Å². The first-order chi connectivity index (χ1) is 18.9. The molecule has 0 amide bonds. The Balaban J connectivity index is 1.73. The summed E-state index contributed by atoms with van der Waals surface area (Å²) in [5.41, 5.74) is -3.86. The molecule has 220 valence electrons. The van der Waals surface area contributed by atoms with Crippen LogP contribution in [0.15, 0.2) is 54.5 Å². The van der Waals surface area contributed by atoms with Crippen molar-refractivity contribution in [2.75, 3.05) is 6.61 Å². The van der Waals surface area contributed by atoms with E-state index in [0.29, 0.717) is 43.2 Å². The average molecular weight is 578 g/mol. The molecule has 0 spiro atoms. The molecule has 1 saturated heterocycles. The van der Waals surface area contributed by atoms with Gasteiger partial charge in [-0.25, -0.2) is 9.37 Å². The van der Waals surface area contributed by atoms with E-state index in [1.165, 1.54) is 12.3 Å². The number of ketones is 1. The Hall–Kier alpha value is -2.10. The standard InChI is InChI=1S/C31H41ClFNO6/c1-6-20(17-35)14-22-9-8-19(3)30(33,29(22,5)7-2)23(37)16-28(4)12-10-25-31(28,24(38)18-36)40-27(39-25)21-11-13-34-26(32)15-21/h6,11,13-15,17,19,23,25,27,35-37H,1,7-10,12,16,18H2,2-5H3/b20-17?,22-14-/t19-,23?,25-,27?,28-,29+,30+,31-/m1/s1. The van der Waals surface area contributed by atoms with E-state index in [0.717, 1.165) is 11.8 Å². The van der Waals surface area contributed by atoms with E-state index in [-0.39, 0.29) is 11.6 Å². The number of aliphatic hydroxyl groups is 3. The van der Waals surface area contributed by atoms with Gasteiger partial charge in [-0.15, -0.1) is 0 Å². The van der Waals surface area contributed by atoms with Gasteiger partial charge in [-0.1, -0.05) is 63.6 Å². The first-order valence-corrected chi connectivity index (χ1v) is 14.4. The van der Waals surface area contributed by atoms with Gasteiger partial charge in [0.1, 0.15) is 17.4 Å². The molecule has 1 aromatic rings. The second-order valence-electron chi connectivity index (χ2n) is 12.0. The van der Waals surface area contributed by atoms with Crippen LogP contribution >= 0.6 is 11.6 Å². The van der Waals surface area contributed by atoms with Crippen molar-refractivity contribution in [1.29, 1.82) is 0 Å². The summed E-state index contributed by atoms with van der Waals surface area (Å²) >= 11 is 6.08. The van der Waals surface area contributed by atoms with Crippen LogP contribution in [0.2, 0.25) is 5.15 Å². The van der Waals surface area contributed by atoms with E-state index < -0.39 is 58.9 Å². The summed E-state index contributed by atoms with van der Waals surface area (Å²) in [5.74, 6) is -1.04. The molecule has 7 nitrogen and oxygen atoms in total. The van der Waals surface area contributed by atoms with Crippen molar-refractivity contribution in [3.63, 3.8) is 0 Å². The van der Waals surface area contributed by atoms with E-state index in [9.17, 15) is 20.1 Å². The number of hydrogen-bond donors (Lipinski definition) is 3. The summed E-state index contributed by atoms with van der Waals surface area (Å²) in [5, 5.41) is 31.8. The zero-order valence-electron chi connectivity index (χ0n) is 23.7. The minimum atomic E-state index is -2.05. The van der Waals surface area contributed by atoms with Crippen molar-refractivity contribution >= 4 is 17.4 Å². The van der Waals surface area contributed by atoms with Crippen LogP contribution in [0.5, 0.6) is 0 Å². The highest BCUT2D eigenvalue weighted by Gasteiger charge is 2.70. The van der Waals surface area contributed by atoms with Gasteiger partial charge in [0.2, 0.25) is 0 Å². The highest BCUT2D eigenvalue weighted by atomic mass is 35.5. The lowest BCUT2D eigenvalue weighted by Crippen LogP contribution is -2.62. The molecule has 2 heterocycles. The van der Waals surface area contributed by atoms with Gasteiger partial charge < -0.3 is 24.8 Å². The molecule has 1 aliphatic heterocycles. The van der Waals surface area contributed by atoms with Gasteiger partial charge in [0.15, 0.2) is 17.7 Å². The number of carbonyl (C=O) groups excluding carboxylic acids is 1. The van der Waals surface area contributed by atoms with Crippen LogP contribution in [-0.2, 0) is 14.3 Å². The molecule has 3 N–H and O–H groups in total. The quantitative estimate of drug-likeness (QED) is 0.184. The van der Waals surface area contributed by atoms with Crippen LogP contribution in [0.1, 0.15) is 78.1 Å². The maximum atomic E-state index is 17.7. The molecule has 9 heteroatoms. The minimum Gasteiger partial charge on any atom is -0.515 e. The van der Waals surface area contributed by atoms with Crippen LogP contribution < -0.4 is 0 Å². The Morgan fingerprint density at radius 2 is 2.10 bits per heavy atom. The fourth-order valence-electron chi connectivity index (χ4n) is 7.62. The van der Waals surface area contributed by atoms with Crippen LogP contribution in [-0.4, -0.2) is 56.2 Å². The highest BCUT2D eigenvalue weighted by molar-refractivity contribution is 6.29. The molecule has 2 unspecified atom stereocenters. The van der Waals surface area contributed by atoms with Crippen LogP contribution in [0.25, 0.3) is 0 Å². The summed E-state index contributed by atoms with van der Waals surface area (Å²) in [4.78, 5) is 17.5. The second kappa shape index (κ2) is 11.3. The maximum absolute atomic E-state index is 17.7. The van der Waals surface area contributed by atoms with E-state index in [2.05, 4.69) is 11.6 Å². The third-order valence-electron chi connectivity index (χ3n) is 10.1. The largest absolute Gasteiger partial charge is 0.515 e. The normalized spacial score (nSPS) is 39.8. The zero-order valence-corrected chi connectivity index (χ0v) is 24.5. The first-order valence-electron chi connectivity index (χ1n) is 14.0. The second-order valence-corrected chi connectivity index (χ2v) is 12.4. The predicted molar refractivity (Wildman–Crippen MR) is 150 cm³/mol. The van der Waals surface area contributed by atoms with Crippen molar-refractivity contribution in [3.8, 4) is 0 Å². The van der Waals surface area contributed by atoms with Gasteiger partial charge in [0.25, 0.3) is 0 Å². The number of carbonyl (C=O) groups is 1. The molecule has 0 aromatic carbocycles. The van der Waals surface area contributed by atoms with Gasteiger partial charge in [-0.2, -0.15) is 0 Å². The average Bonchev–Trinajstić information content (AvgIpc) is 3.47. The molecule has 40 heavy (non-hydrogen) atoms. The van der Waals surface area contributed by atoms with Crippen molar-refractivity contribution < 1.29 is 34.0 Å². The Kier molecular flexibility index (Phi) is 8.71. The molecule has 2 aliphatic carbocycles. The number of halogens is 2. The Bertz CT molecular complexity index is 1210. The van der Waals surface area contributed by atoms with Crippen molar-refractivity contribution in [2.45, 2.75) is 96.0 Å². The number of allylic oxidation sites excluding steroid dienone is 4. The number of aliphatic hydroxyl groups excluding tert-OH is 3. The van der Waals surface area contributed by atoms with Crippen LogP contribution in [0.3, 0.4) is 0 Å². The SMILES string of the molecule is C=CC(=CO)/C=C1/CC[C@@H](C)[C@](F)(C(O)C[C@@]2(C)CC[C@H]3OC(c4ccnc(Cl)c4)O[C@]32C(=O)CO)[C@@]1(C)CC. The van der Waals surface area contributed by atoms with E-state index in [1.807, 2.05) is 27.7 Å². The highest BCUT2D eigenvalue weighted by Crippen LogP contribution is 2.63. The van der Waals surface area contributed by atoms with Gasteiger partial charge in [0.05, 0.1) is 18.5 Å². The minimum absolute atomic E-state index is 0.0731. The number of fused-ring (bicyclic) bond motifs is 1. The van der Waals surface area contributed by atoms with Gasteiger partial charge in [-0.05, 0) is 56.6 Å². The summed E-state index contributed by atoms with van der Waals surface area (Å²) < 4.78 is 30.3. The molecule has 4 rings (SSSR count). The van der Waals surface area contributed by atoms with Gasteiger partial charge >= 0.3 is 0 Å². The number of nitrogens with zero attached hydrogens (tertiary/aromatic N) is 1. The van der Waals surface area contributed by atoms with Crippen LogP contribution in [0, 0.1) is 16.7 Å². The number of pyridine rings is 1. The lowest BCUT2D eigenvalue weighted by Gasteiger charge is -2.55. The predicted octanol–water partition coefficient (Wildman–Crippen LogP) is 6.11. The summed E-state index contributed by atoms with van der Waals surface area (Å²) in [7, 11) is 0. The number of aromatic nitrogens is 1. The lowest BCUT2D eigenvalue weighted by atomic mass is 9.53. The summed E-state index contributed by atoms with van der Waals surface area (Å²) in [6.07, 6.45) is 5.01. The van der Waals surface area contributed by atoms with Gasteiger partial charge in [-0.3, -0.25) is 4.79 Å². The molecule has 3 fully saturated rings. The number of alkyl halides is 1. The first kappa shape index (κ1) is 30.8. The van der Waals surface area contributed by atoms with Gasteiger partial charge in [0, 0.05) is 28.2 Å². The molecule has 3 aliphatic rings. The van der Waals surface area contributed by atoms with E-state index in [4.69, 9.17) is 21.1 Å². The fraction of sp³-hybridized carbons (Fsp3) is 0.613. The number of rotatable bonds is 9. The monoisotopic (exact) mass is 577 g/mol. The van der Waals surface area contributed by atoms with Crippen LogP contribution in [0.4, 0.5) is 4.39 Å². The van der Waals surface area contributed by atoms with Crippen molar-refractivity contribution in [2.24, 2.45) is 16.7 Å². The molecule has 0 bridgehead atoms. The topological polar surface area (TPSA) is 109 Å². The third-order valence-corrected chi connectivity index (χ3v) is 10.4. The maximum Gasteiger partial charge on any atom is 0.193 e.